The Balaban J connectivity index is 2.02. The van der Waals surface area contributed by atoms with Crippen molar-refractivity contribution in [3.63, 3.8) is 0 Å². The summed E-state index contributed by atoms with van der Waals surface area (Å²) in [6, 6.07) is 8.90. The van der Waals surface area contributed by atoms with E-state index in [1.165, 1.54) is 42.5 Å². The van der Waals surface area contributed by atoms with E-state index in [0.29, 0.717) is 11.1 Å². The number of hydrogen-bond acceptors (Lipinski definition) is 5. The van der Waals surface area contributed by atoms with Gasteiger partial charge in [0.1, 0.15) is 11.8 Å². The standard InChI is InChI=1S/C18H17NO6/c20-13-5-1-11(2-6-13)4-8-17(23)19-14(18(24)25)9-12-3-7-15(21)16(22)10-12/h1-8,10,14,20-22H,9H2,(H,19,23)(H,24,25)/b8-4+/t14-/m0/s1. The summed E-state index contributed by atoms with van der Waals surface area (Å²) in [7, 11) is 0. The molecule has 2 aromatic carbocycles. The van der Waals surface area contributed by atoms with Crippen molar-refractivity contribution < 1.29 is 30.0 Å². The zero-order valence-electron chi connectivity index (χ0n) is 13.1. The summed E-state index contributed by atoms with van der Waals surface area (Å²) in [6.07, 6.45) is 2.62. The Hall–Kier alpha value is -3.48. The van der Waals surface area contributed by atoms with Gasteiger partial charge in [0, 0.05) is 12.5 Å². The molecule has 0 saturated heterocycles. The second-order valence-corrected chi connectivity index (χ2v) is 5.35. The van der Waals surface area contributed by atoms with Crippen molar-refractivity contribution in [1.29, 1.82) is 0 Å². The normalized spacial score (nSPS) is 12.0. The molecule has 2 rings (SSSR count). The molecule has 25 heavy (non-hydrogen) atoms. The van der Waals surface area contributed by atoms with E-state index in [1.807, 2.05) is 0 Å². The molecule has 0 spiro atoms. The highest BCUT2D eigenvalue weighted by Gasteiger charge is 2.20. The van der Waals surface area contributed by atoms with Crippen LogP contribution >= 0.6 is 0 Å². The second-order valence-electron chi connectivity index (χ2n) is 5.35. The van der Waals surface area contributed by atoms with Crippen LogP contribution in [-0.4, -0.2) is 38.3 Å². The summed E-state index contributed by atoms with van der Waals surface area (Å²) in [6.45, 7) is 0. The van der Waals surface area contributed by atoms with Gasteiger partial charge in [0.15, 0.2) is 11.5 Å². The topological polar surface area (TPSA) is 127 Å². The van der Waals surface area contributed by atoms with Gasteiger partial charge in [-0.15, -0.1) is 0 Å². The fraction of sp³-hybridized carbons (Fsp3) is 0.111. The van der Waals surface area contributed by atoms with Gasteiger partial charge < -0.3 is 25.7 Å². The number of aliphatic carboxylic acids is 1. The number of carboxylic acid groups (broad SMARTS) is 1. The fourth-order valence-electron chi connectivity index (χ4n) is 2.11. The zero-order chi connectivity index (χ0) is 18.4. The van der Waals surface area contributed by atoms with Crippen LogP contribution in [0.3, 0.4) is 0 Å². The Kier molecular flexibility index (Phi) is 5.62. The average molecular weight is 343 g/mol. The van der Waals surface area contributed by atoms with Crippen LogP contribution in [0.15, 0.2) is 48.5 Å². The van der Waals surface area contributed by atoms with E-state index in [2.05, 4.69) is 5.32 Å². The lowest BCUT2D eigenvalue weighted by Crippen LogP contribution is -2.41. The molecular weight excluding hydrogens is 326 g/mol. The minimum atomic E-state index is -1.22. The van der Waals surface area contributed by atoms with E-state index < -0.39 is 17.9 Å². The molecule has 0 bridgehead atoms. The van der Waals surface area contributed by atoms with Crippen molar-refractivity contribution >= 4 is 18.0 Å². The molecule has 7 nitrogen and oxygen atoms in total. The Morgan fingerprint density at radius 3 is 2.28 bits per heavy atom. The number of phenols is 3. The number of carbonyl (C=O) groups is 2. The number of carbonyl (C=O) groups excluding carboxylic acids is 1. The van der Waals surface area contributed by atoms with Gasteiger partial charge in [-0.25, -0.2) is 4.79 Å². The van der Waals surface area contributed by atoms with Crippen molar-refractivity contribution in [2.24, 2.45) is 0 Å². The molecule has 0 unspecified atom stereocenters. The van der Waals surface area contributed by atoms with Crippen LogP contribution in [0.4, 0.5) is 0 Å². The minimum absolute atomic E-state index is 0.0536. The zero-order valence-corrected chi connectivity index (χ0v) is 13.1. The fourth-order valence-corrected chi connectivity index (χ4v) is 2.11. The number of carboxylic acids is 1. The van der Waals surface area contributed by atoms with E-state index in [1.54, 1.807) is 12.1 Å². The van der Waals surface area contributed by atoms with Gasteiger partial charge in [-0.2, -0.15) is 0 Å². The van der Waals surface area contributed by atoms with Gasteiger partial charge in [-0.3, -0.25) is 4.79 Å². The maximum absolute atomic E-state index is 11.9. The first-order valence-corrected chi connectivity index (χ1v) is 7.36. The van der Waals surface area contributed by atoms with Crippen molar-refractivity contribution in [2.45, 2.75) is 12.5 Å². The summed E-state index contributed by atoms with van der Waals surface area (Å²) in [4.78, 5) is 23.2. The third-order valence-corrected chi connectivity index (χ3v) is 3.41. The molecule has 0 radical (unpaired) electrons. The number of nitrogens with one attached hydrogen (secondary N) is 1. The summed E-state index contributed by atoms with van der Waals surface area (Å²) in [5.41, 5.74) is 1.12. The van der Waals surface area contributed by atoms with Crippen molar-refractivity contribution in [3.05, 3.63) is 59.7 Å². The van der Waals surface area contributed by atoms with Crippen LogP contribution in [0.2, 0.25) is 0 Å². The Morgan fingerprint density at radius 1 is 1.00 bits per heavy atom. The summed E-state index contributed by atoms with van der Waals surface area (Å²) < 4.78 is 0. The van der Waals surface area contributed by atoms with E-state index in [-0.39, 0.29) is 23.7 Å². The van der Waals surface area contributed by atoms with Crippen LogP contribution in [0, 0.1) is 0 Å². The highest BCUT2D eigenvalue weighted by Crippen LogP contribution is 2.25. The summed E-state index contributed by atoms with van der Waals surface area (Å²) in [5, 5.41) is 39.5. The van der Waals surface area contributed by atoms with E-state index in [4.69, 9.17) is 0 Å². The monoisotopic (exact) mass is 343 g/mol. The molecular formula is C18H17NO6. The molecule has 0 aliphatic rings. The minimum Gasteiger partial charge on any atom is -0.508 e. The smallest absolute Gasteiger partial charge is 0.326 e. The SMILES string of the molecule is O=C(/C=C/c1ccc(O)cc1)N[C@@H](Cc1ccc(O)c(O)c1)C(=O)O. The summed E-state index contributed by atoms with van der Waals surface area (Å²) in [5.74, 6) is -2.39. The van der Waals surface area contributed by atoms with Crippen LogP contribution < -0.4 is 5.32 Å². The lowest BCUT2D eigenvalue weighted by Gasteiger charge is -2.13. The molecule has 1 atom stereocenters. The molecule has 5 N–H and O–H groups in total. The Bertz CT molecular complexity index is 798. The highest BCUT2D eigenvalue weighted by atomic mass is 16.4. The Morgan fingerprint density at radius 2 is 1.68 bits per heavy atom. The maximum atomic E-state index is 11.9. The molecule has 0 saturated carbocycles. The van der Waals surface area contributed by atoms with Gasteiger partial charge >= 0.3 is 5.97 Å². The third kappa shape index (κ3) is 5.28. The van der Waals surface area contributed by atoms with Gasteiger partial charge in [0.25, 0.3) is 0 Å². The van der Waals surface area contributed by atoms with Crippen molar-refractivity contribution in [2.75, 3.05) is 0 Å². The van der Waals surface area contributed by atoms with Gasteiger partial charge in [-0.1, -0.05) is 18.2 Å². The lowest BCUT2D eigenvalue weighted by atomic mass is 10.1. The molecule has 7 heteroatoms. The van der Waals surface area contributed by atoms with Crippen LogP contribution in [0.5, 0.6) is 17.2 Å². The van der Waals surface area contributed by atoms with Crippen LogP contribution in [0.25, 0.3) is 6.08 Å². The first kappa shape index (κ1) is 17.9. The predicted molar refractivity (Wildman–Crippen MR) is 90.2 cm³/mol. The molecule has 0 fully saturated rings. The molecule has 130 valence electrons. The van der Waals surface area contributed by atoms with Crippen molar-refractivity contribution in [1.82, 2.24) is 5.32 Å². The number of rotatable bonds is 6. The molecule has 0 aliphatic heterocycles. The first-order chi connectivity index (χ1) is 11.8. The molecule has 2 aromatic rings. The van der Waals surface area contributed by atoms with E-state index in [0.717, 1.165) is 0 Å². The second kappa shape index (κ2) is 7.87. The largest absolute Gasteiger partial charge is 0.508 e. The van der Waals surface area contributed by atoms with Crippen LogP contribution in [-0.2, 0) is 16.0 Å². The number of hydrogen-bond donors (Lipinski definition) is 5. The van der Waals surface area contributed by atoms with Gasteiger partial charge in [0.05, 0.1) is 0 Å². The number of aromatic hydroxyl groups is 3. The van der Waals surface area contributed by atoms with Gasteiger partial charge in [0.2, 0.25) is 5.91 Å². The Labute approximate surface area is 143 Å². The average Bonchev–Trinajstić information content (AvgIpc) is 2.57. The third-order valence-electron chi connectivity index (χ3n) is 3.41. The summed E-state index contributed by atoms with van der Waals surface area (Å²) >= 11 is 0. The van der Waals surface area contributed by atoms with E-state index >= 15 is 0 Å². The molecule has 0 aliphatic carbocycles. The highest BCUT2D eigenvalue weighted by molar-refractivity contribution is 5.94. The molecule has 0 aromatic heterocycles. The van der Waals surface area contributed by atoms with Crippen LogP contribution in [0.1, 0.15) is 11.1 Å². The van der Waals surface area contributed by atoms with E-state index in [9.17, 15) is 30.0 Å². The molecule has 0 heterocycles. The predicted octanol–water partition coefficient (Wildman–Crippen LogP) is 1.63. The number of benzene rings is 2. The maximum Gasteiger partial charge on any atom is 0.326 e. The lowest BCUT2D eigenvalue weighted by molar-refractivity contribution is -0.141. The quantitative estimate of drug-likeness (QED) is 0.401. The first-order valence-electron chi connectivity index (χ1n) is 7.36. The van der Waals surface area contributed by atoms with Gasteiger partial charge in [-0.05, 0) is 41.5 Å². The van der Waals surface area contributed by atoms with Crippen molar-refractivity contribution in [3.8, 4) is 17.2 Å². The number of amides is 1. The number of phenolic OH excluding ortho intramolecular Hbond substituents is 3. The molecule has 1 amide bonds.